The largest absolute Gasteiger partial charge is 0.355 e. The van der Waals surface area contributed by atoms with Gasteiger partial charge in [0, 0.05) is 78.5 Å². The molecule has 0 aromatic heterocycles. The monoisotopic (exact) mass is 414 g/mol. The average molecular weight is 415 g/mol. The van der Waals surface area contributed by atoms with Crippen LogP contribution >= 0.6 is 0 Å². The van der Waals surface area contributed by atoms with E-state index in [9.17, 15) is 10.5 Å². The van der Waals surface area contributed by atoms with Crippen LogP contribution in [-0.4, -0.2) is 135 Å². The lowest BCUT2D eigenvalue weighted by atomic mass is 10.2. The van der Waals surface area contributed by atoms with E-state index in [0.29, 0.717) is 0 Å². The third-order valence-corrected chi connectivity index (χ3v) is 6.68. The Morgan fingerprint density at radius 3 is 1.40 bits per heavy atom. The van der Waals surface area contributed by atoms with Gasteiger partial charge in [0.1, 0.15) is 18.0 Å². The summed E-state index contributed by atoms with van der Waals surface area (Å²) in [5, 5.41) is 19.0. The topological polar surface area (TPSA) is 67.0 Å². The van der Waals surface area contributed by atoms with Gasteiger partial charge in [-0.25, -0.2) is 0 Å². The maximum Gasteiger partial charge on any atom is 0.169 e. The normalized spacial score (nSPS) is 22.3. The van der Waals surface area contributed by atoms with Crippen LogP contribution in [0.2, 0.25) is 0 Å². The van der Waals surface area contributed by atoms with Crippen LogP contribution in [-0.2, 0) is 0 Å². The fourth-order valence-electron chi connectivity index (χ4n) is 4.64. The summed E-state index contributed by atoms with van der Waals surface area (Å²) in [4.78, 5) is 14.4. The molecule has 166 valence electrons. The van der Waals surface area contributed by atoms with Gasteiger partial charge in [0.05, 0.1) is 0 Å². The van der Waals surface area contributed by atoms with Crippen LogP contribution in [0.4, 0.5) is 0 Å². The molecule has 0 spiro atoms. The summed E-state index contributed by atoms with van der Waals surface area (Å²) < 4.78 is 0. The van der Waals surface area contributed by atoms with Crippen LogP contribution in [0.25, 0.3) is 0 Å². The predicted molar refractivity (Wildman–Crippen MR) is 119 cm³/mol. The highest BCUT2D eigenvalue weighted by Gasteiger charge is 2.28. The van der Waals surface area contributed by atoms with Gasteiger partial charge in [-0.05, 0) is 40.0 Å². The fourth-order valence-corrected chi connectivity index (χ4v) is 4.64. The Morgan fingerprint density at radius 2 is 1.03 bits per heavy atom. The van der Waals surface area contributed by atoms with E-state index in [2.05, 4.69) is 55.6 Å². The molecule has 3 aliphatic heterocycles. The summed E-state index contributed by atoms with van der Waals surface area (Å²) in [7, 11) is 4.37. The number of piperazine rings is 2. The van der Waals surface area contributed by atoms with Crippen molar-refractivity contribution >= 4 is 0 Å². The molecule has 0 aliphatic carbocycles. The molecule has 30 heavy (non-hydrogen) atoms. The van der Waals surface area contributed by atoms with Gasteiger partial charge in [-0.15, -0.1) is 0 Å². The predicted octanol–water partition coefficient (Wildman–Crippen LogP) is 0.138. The van der Waals surface area contributed by atoms with Crippen LogP contribution in [0.15, 0.2) is 11.4 Å². The summed E-state index contributed by atoms with van der Waals surface area (Å²) in [5.41, 5.74) is 0.270. The van der Waals surface area contributed by atoms with Crippen LogP contribution in [0.5, 0.6) is 0 Å². The Kier molecular flexibility index (Phi) is 8.77. The lowest BCUT2D eigenvalue weighted by Gasteiger charge is -2.33. The summed E-state index contributed by atoms with van der Waals surface area (Å²) in [5.74, 6) is 0.872. The number of likely N-dealkylation sites (N-methyl/N-ethyl adjacent to an activating group) is 2. The Hall–Kier alpha value is -1.84. The molecule has 0 saturated carbocycles. The Morgan fingerprint density at radius 1 is 0.633 bits per heavy atom. The zero-order chi connectivity index (χ0) is 21.3. The second-order valence-electron chi connectivity index (χ2n) is 8.89. The third kappa shape index (κ3) is 6.33. The Labute approximate surface area is 182 Å². The molecule has 3 rings (SSSR count). The standard InChI is InChI=1S/C22H38N8/c1-25-9-13-27(14-10-25)5-3-7-29-17-18-30(22(29)21(19-23)20-24)8-4-6-28-15-11-26(2)12-16-28/h3-18H2,1-2H3. The van der Waals surface area contributed by atoms with Gasteiger partial charge in [-0.1, -0.05) is 0 Å². The highest BCUT2D eigenvalue weighted by molar-refractivity contribution is 5.40. The van der Waals surface area contributed by atoms with E-state index >= 15 is 0 Å². The molecule has 0 aromatic carbocycles. The molecule has 0 bridgehead atoms. The molecule has 8 heteroatoms. The van der Waals surface area contributed by atoms with Crippen molar-refractivity contribution < 1.29 is 0 Å². The van der Waals surface area contributed by atoms with Crippen molar-refractivity contribution in [1.82, 2.24) is 29.4 Å². The number of nitriles is 2. The lowest BCUT2D eigenvalue weighted by Crippen LogP contribution is -2.45. The first-order chi connectivity index (χ1) is 14.6. The molecule has 0 unspecified atom stereocenters. The maximum atomic E-state index is 9.52. The van der Waals surface area contributed by atoms with E-state index in [-0.39, 0.29) is 5.57 Å². The summed E-state index contributed by atoms with van der Waals surface area (Å²) in [6.07, 6.45) is 2.15. The minimum absolute atomic E-state index is 0.270. The van der Waals surface area contributed by atoms with E-state index < -0.39 is 0 Å². The molecule has 0 atom stereocenters. The van der Waals surface area contributed by atoms with E-state index in [1.165, 1.54) is 0 Å². The molecule has 3 aliphatic rings. The molecule has 3 heterocycles. The average Bonchev–Trinajstić information content (AvgIpc) is 3.15. The molecule has 0 aromatic rings. The molecule has 8 nitrogen and oxygen atoms in total. The number of hydrogen-bond acceptors (Lipinski definition) is 8. The molecular weight excluding hydrogens is 376 g/mol. The molecule has 0 N–H and O–H groups in total. The SMILES string of the molecule is CN1CCN(CCCN2CCN(CCCN3CCN(C)CC3)C2=C(C#N)C#N)CC1. The summed E-state index contributed by atoms with van der Waals surface area (Å²) >= 11 is 0. The first-order valence-corrected chi connectivity index (χ1v) is 11.5. The van der Waals surface area contributed by atoms with Crippen LogP contribution in [0, 0.1) is 22.7 Å². The van der Waals surface area contributed by atoms with Crippen molar-refractivity contribution in [2.75, 3.05) is 106 Å². The minimum Gasteiger partial charge on any atom is -0.355 e. The van der Waals surface area contributed by atoms with Crippen molar-refractivity contribution in [3.8, 4) is 12.1 Å². The molecule has 0 amide bonds. The summed E-state index contributed by atoms with van der Waals surface area (Å²) in [6, 6.07) is 4.29. The van der Waals surface area contributed by atoms with Gasteiger partial charge in [0.15, 0.2) is 5.57 Å². The quantitative estimate of drug-likeness (QED) is 0.520. The van der Waals surface area contributed by atoms with Crippen molar-refractivity contribution in [1.29, 1.82) is 10.5 Å². The maximum absolute atomic E-state index is 9.52. The number of hydrogen-bond donors (Lipinski definition) is 0. The smallest absolute Gasteiger partial charge is 0.169 e. The van der Waals surface area contributed by atoms with Crippen LogP contribution in [0.3, 0.4) is 0 Å². The zero-order valence-electron chi connectivity index (χ0n) is 18.9. The number of rotatable bonds is 8. The van der Waals surface area contributed by atoms with E-state index in [1.807, 2.05) is 0 Å². The highest BCUT2D eigenvalue weighted by atomic mass is 15.4. The second-order valence-corrected chi connectivity index (χ2v) is 8.89. The number of nitrogens with zero attached hydrogens (tertiary/aromatic N) is 8. The van der Waals surface area contributed by atoms with Gasteiger partial charge in [0.2, 0.25) is 0 Å². The van der Waals surface area contributed by atoms with Crippen LogP contribution in [0.1, 0.15) is 12.8 Å². The molecule has 3 fully saturated rings. The lowest BCUT2D eigenvalue weighted by molar-refractivity contribution is 0.147. The van der Waals surface area contributed by atoms with Crippen molar-refractivity contribution in [2.24, 2.45) is 0 Å². The highest BCUT2D eigenvalue weighted by Crippen LogP contribution is 2.23. The molecule has 0 radical (unpaired) electrons. The minimum atomic E-state index is 0.270. The zero-order valence-corrected chi connectivity index (χ0v) is 18.9. The summed E-state index contributed by atoms with van der Waals surface area (Å²) in [6.45, 7) is 15.0. The second kappa shape index (κ2) is 11.5. The van der Waals surface area contributed by atoms with Gasteiger partial charge in [-0.3, -0.25) is 0 Å². The van der Waals surface area contributed by atoms with E-state index in [4.69, 9.17) is 0 Å². The first-order valence-electron chi connectivity index (χ1n) is 11.5. The van der Waals surface area contributed by atoms with Crippen molar-refractivity contribution in [2.45, 2.75) is 12.8 Å². The number of allylic oxidation sites excluding steroid dienone is 1. The molecule has 3 saturated heterocycles. The van der Waals surface area contributed by atoms with Gasteiger partial charge < -0.3 is 29.4 Å². The van der Waals surface area contributed by atoms with E-state index in [0.717, 1.165) is 110 Å². The van der Waals surface area contributed by atoms with Crippen LogP contribution < -0.4 is 0 Å². The third-order valence-electron chi connectivity index (χ3n) is 6.68. The Balaban J connectivity index is 1.48. The first kappa shape index (κ1) is 22.8. The van der Waals surface area contributed by atoms with Gasteiger partial charge in [-0.2, -0.15) is 10.5 Å². The van der Waals surface area contributed by atoms with Crippen molar-refractivity contribution in [3.05, 3.63) is 11.4 Å². The fraction of sp³-hybridized carbons (Fsp3) is 0.818. The van der Waals surface area contributed by atoms with Gasteiger partial charge in [0.25, 0.3) is 0 Å². The van der Waals surface area contributed by atoms with Crippen molar-refractivity contribution in [3.63, 3.8) is 0 Å². The van der Waals surface area contributed by atoms with Gasteiger partial charge >= 0.3 is 0 Å². The Bertz CT molecular complexity index is 593. The molecular formula is C22H38N8. The van der Waals surface area contributed by atoms with E-state index in [1.54, 1.807) is 0 Å².